The molecule has 0 saturated carbocycles. The van der Waals surface area contributed by atoms with Crippen molar-refractivity contribution in [2.45, 2.75) is 19.4 Å². The highest BCUT2D eigenvalue weighted by atomic mass is 16.6. The number of benzene rings is 1. The number of anilines is 1. The molecule has 7 heteroatoms. The van der Waals surface area contributed by atoms with Crippen molar-refractivity contribution in [1.82, 2.24) is 10.2 Å². The summed E-state index contributed by atoms with van der Waals surface area (Å²) in [4.78, 5) is 11.2. The Morgan fingerprint density at radius 1 is 1.35 bits per heavy atom. The Balaban J connectivity index is 1.73. The second-order valence-electron chi connectivity index (χ2n) is 4.21. The van der Waals surface area contributed by atoms with Crippen LogP contribution in [0.1, 0.15) is 25.3 Å². The second-order valence-corrected chi connectivity index (χ2v) is 4.21. The minimum Gasteiger partial charge on any atom is -0.485 e. The molecule has 1 aromatic heterocycles. The molecular formula is C13H13N3O4. The predicted octanol–water partition coefficient (Wildman–Crippen LogP) is 1.93. The molecule has 7 nitrogen and oxygen atoms in total. The molecule has 0 bridgehead atoms. The van der Waals surface area contributed by atoms with Gasteiger partial charge in [-0.15, -0.1) is 5.10 Å². The smallest absolute Gasteiger partial charge is 0.322 e. The molecule has 20 heavy (non-hydrogen) atoms. The van der Waals surface area contributed by atoms with Crippen molar-refractivity contribution >= 4 is 11.9 Å². The fourth-order valence-corrected chi connectivity index (χ4v) is 1.76. The van der Waals surface area contributed by atoms with Gasteiger partial charge in [0.2, 0.25) is 12.0 Å². The number of amides is 1. The van der Waals surface area contributed by atoms with Gasteiger partial charge in [0, 0.05) is 6.42 Å². The number of ether oxygens (including phenoxy) is 2. The maximum atomic E-state index is 11.2. The van der Waals surface area contributed by atoms with Crippen molar-refractivity contribution in [2.75, 3.05) is 11.9 Å². The number of carbonyl (C=O) groups is 1. The highest BCUT2D eigenvalue weighted by Gasteiger charge is 2.27. The number of aromatic nitrogens is 2. The molecule has 0 radical (unpaired) electrons. The predicted molar refractivity (Wildman–Crippen MR) is 68.5 cm³/mol. The van der Waals surface area contributed by atoms with E-state index in [1.165, 1.54) is 0 Å². The van der Waals surface area contributed by atoms with Gasteiger partial charge in [0.25, 0.3) is 5.89 Å². The van der Waals surface area contributed by atoms with E-state index in [0.29, 0.717) is 17.9 Å². The van der Waals surface area contributed by atoms with Crippen molar-refractivity contribution in [3.05, 3.63) is 30.2 Å². The highest BCUT2D eigenvalue weighted by molar-refractivity contribution is 5.88. The van der Waals surface area contributed by atoms with Crippen LogP contribution in [0.4, 0.5) is 6.01 Å². The molecule has 0 spiro atoms. The molecule has 1 unspecified atom stereocenters. The van der Waals surface area contributed by atoms with Crippen LogP contribution in [0.3, 0.4) is 0 Å². The Hall–Kier alpha value is -2.57. The van der Waals surface area contributed by atoms with Gasteiger partial charge >= 0.3 is 6.01 Å². The summed E-state index contributed by atoms with van der Waals surface area (Å²) in [6, 6.07) is 7.41. The summed E-state index contributed by atoms with van der Waals surface area (Å²) in [5.74, 6) is 1.39. The Kier molecular flexibility index (Phi) is 3.24. The quantitative estimate of drug-likeness (QED) is 0.921. The Labute approximate surface area is 114 Å². The lowest BCUT2D eigenvalue weighted by Crippen LogP contribution is -2.21. The summed E-state index contributed by atoms with van der Waals surface area (Å²) in [6.07, 6.45) is -0.140. The van der Waals surface area contributed by atoms with Gasteiger partial charge in [0.1, 0.15) is 6.61 Å². The molecule has 0 saturated heterocycles. The molecule has 1 atom stereocenters. The lowest BCUT2D eigenvalue weighted by molar-refractivity contribution is -0.116. The van der Waals surface area contributed by atoms with Gasteiger partial charge in [-0.25, -0.2) is 0 Å². The molecule has 2 aromatic rings. The summed E-state index contributed by atoms with van der Waals surface area (Å²) >= 11 is 0. The number of carbonyl (C=O) groups excluding carboxylic acids is 1. The lowest BCUT2D eigenvalue weighted by atomic mass is 10.2. The number of nitrogens with zero attached hydrogens (tertiary/aromatic N) is 2. The molecule has 2 heterocycles. The van der Waals surface area contributed by atoms with Crippen LogP contribution in [-0.2, 0) is 4.79 Å². The van der Waals surface area contributed by atoms with Crippen LogP contribution in [0.15, 0.2) is 28.7 Å². The molecule has 0 aliphatic carbocycles. The lowest BCUT2D eigenvalue weighted by Gasteiger charge is -2.23. The summed E-state index contributed by atoms with van der Waals surface area (Å²) in [5, 5.41) is 10.1. The number of hydrogen-bond acceptors (Lipinski definition) is 6. The minimum absolute atomic E-state index is 0.0642. The van der Waals surface area contributed by atoms with Crippen LogP contribution in [0.5, 0.6) is 11.5 Å². The first-order chi connectivity index (χ1) is 9.76. The third-order valence-corrected chi connectivity index (χ3v) is 2.79. The van der Waals surface area contributed by atoms with E-state index in [0.717, 1.165) is 0 Å². The maximum absolute atomic E-state index is 11.2. The number of rotatable bonds is 3. The van der Waals surface area contributed by atoms with Crippen LogP contribution < -0.4 is 14.8 Å². The first-order valence-corrected chi connectivity index (χ1v) is 6.28. The van der Waals surface area contributed by atoms with Crippen LogP contribution in [0.2, 0.25) is 0 Å². The monoisotopic (exact) mass is 275 g/mol. The molecule has 1 aliphatic heterocycles. The van der Waals surface area contributed by atoms with Crippen molar-refractivity contribution in [3.8, 4) is 11.5 Å². The zero-order chi connectivity index (χ0) is 13.9. The minimum atomic E-state index is -0.482. The van der Waals surface area contributed by atoms with Gasteiger partial charge in [-0.3, -0.25) is 10.1 Å². The number of para-hydroxylation sites is 2. The van der Waals surface area contributed by atoms with Gasteiger partial charge in [-0.1, -0.05) is 24.2 Å². The Morgan fingerprint density at radius 3 is 2.95 bits per heavy atom. The Bertz CT molecular complexity index is 626. The van der Waals surface area contributed by atoms with E-state index in [1.54, 1.807) is 13.0 Å². The first-order valence-electron chi connectivity index (χ1n) is 6.28. The van der Waals surface area contributed by atoms with E-state index in [9.17, 15) is 4.79 Å². The number of nitrogens with one attached hydrogen (secondary N) is 1. The second kappa shape index (κ2) is 5.20. The van der Waals surface area contributed by atoms with Crippen molar-refractivity contribution in [2.24, 2.45) is 0 Å². The van der Waals surface area contributed by atoms with Crippen LogP contribution in [-0.4, -0.2) is 22.7 Å². The number of hydrogen-bond donors (Lipinski definition) is 1. The highest BCUT2D eigenvalue weighted by Crippen LogP contribution is 2.35. The van der Waals surface area contributed by atoms with Crippen molar-refractivity contribution in [3.63, 3.8) is 0 Å². The molecule has 0 fully saturated rings. The van der Waals surface area contributed by atoms with E-state index in [-0.39, 0.29) is 24.4 Å². The van der Waals surface area contributed by atoms with E-state index >= 15 is 0 Å². The zero-order valence-electron chi connectivity index (χ0n) is 10.8. The fourth-order valence-electron chi connectivity index (χ4n) is 1.76. The largest absolute Gasteiger partial charge is 0.485 e. The van der Waals surface area contributed by atoms with Crippen molar-refractivity contribution in [1.29, 1.82) is 0 Å². The molecule has 1 aromatic carbocycles. The average Bonchev–Trinajstić information content (AvgIpc) is 2.95. The van der Waals surface area contributed by atoms with Crippen LogP contribution >= 0.6 is 0 Å². The van der Waals surface area contributed by atoms with Crippen LogP contribution in [0.25, 0.3) is 0 Å². The van der Waals surface area contributed by atoms with Gasteiger partial charge in [-0.05, 0) is 12.1 Å². The van der Waals surface area contributed by atoms with Gasteiger partial charge in [-0.2, -0.15) is 0 Å². The standard InChI is InChI=1S/C13H13N3O4/c1-2-11(17)14-13-16-15-12(20-13)10-7-18-8-5-3-4-6-9(8)19-10/h3-6,10H,2,7H2,1H3,(H,14,16,17). The van der Waals surface area contributed by atoms with Gasteiger partial charge < -0.3 is 13.9 Å². The molecular weight excluding hydrogens is 262 g/mol. The normalized spacial score (nSPS) is 16.8. The topological polar surface area (TPSA) is 86.5 Å². The van der Waals surface area contributed by atoms with E-state index < -0.39 is 6.10 Å². The summed E-state index contributed by atoms with van der Waals surface area (Å²) in [5.41, 5.74) is 0. The molecule has 1 amide bonds. The fraction of sp³-hybridized carbons (Fsp3) is 0.308. The maximum Gasteiger partial charge on any atom is 0.322 e. The van der Waals surface area contributed by atoms with Crippen molar-refractivity contribution < 1.29 is 18.7 Å². The third kappa shape index (κ3) is 2.42. The SMILES string of the molecule is CCC(=O)Nc1nnc(C2COc3ccccc3O2)o1. The Morgan fingerprint density at radius 2 is 2.15 bits per heavy atom. The first kappa shape index (κ1) is 12.5. The molecule has 104 valence electrons. The summed E-state index contributed by atoms with van der Waals surface area (Å²) in [7, 11) is 0. The third-order valence-electron chi connectivity index (χ3n) is 2.79. The van der Waals surface area contributed by atoms with Gasteiger partial charge in [0.15, 0.2) is 11.5 Å². The number of fused-ring (bicyclic) bond motifs is 1. The molecule has 3 rings (SSSR count). The van der Waals surface area contributed by atoms with E-state index in [1.807, 2.05) is 18.2 Å². The summed E-state index contributed by atoms with van der Waals surface area (Å²) < 4.78 is 16.6. The average molecular weight is 275 g/mol. The van der Waals surface area contributed by atoms with Crippen LogP contribution in [0, 0.1) is 0 Å². The van der Waals surface area contributed by atoms with E-state index in [4.69, 9.17) is 13.9 Å². The summed E-state index contributed by atoms with van der Waals surface area (Å²) in [6.45, 7) is 2.02. The van der Waals surface area contributed by atoms with Gasteiger partial charge in [0.05, 0.1) is 0 Å². The molecule has 1 N–H and O–H groups in total. The zero-order valence-corrected chi connectivity index (χ0v) is 10.8. The van der Waals surface area contributed by atoms with E-state index in [2.05, 4.69) is 15.5 Å². The molecule has 1 aliphatic rings.